The van der Waals surface area contributed by atoms with Gasteiger partial charge in [0.2, 0.25) is 11.0 Å². The molecule has 19 heavy (non-hydrogen) atoms. The summed E-state index contributed by atoms with van der Waals surface area (Å²) in [6.45, 7) is 0. The van der Waals surface area contributed by atoms with E-state index in [0.717, 1.165) is 24.8 Å². The lowest BCUT2D eigenvalue weighted by atomic mass is 9.85. The zero-order valence-corrected chi connectivity index (χ0v) is 10.9. The van der Waals surface area contributed by atoms with Gasteiger partial charge in [-0.15, -0.1) is 10.2 Å². The molecule has 0 radical (unpaired) electrons. The van der Waals surface area contributed by atoms with E-state index in [-0.39, 0.29) is 17.6 Å². The fourth-order valence-electron chi connectivity index (χ4n) is 1.86. The van der Waals surface area contributed by atoms with Gasteiger partial charge in [-0.1, -0.05) is 17.8 Å². The number of carbonyl (C=O) groups is 1. The molecule has 0 aliphatic heterocycles. The lowest BCUT2D eigenvalue weighted by Crippen LogP contribution is -2.27. The van der Waals surface area contributed by atoms with Gasteiger partial charge in [0.05, 0.1) is 0 Å². The first-order valence-electron chi connectivity index (χ1n) is 6.13. The van der Waals surface area contributed by atoms with Gasteiger partial charge in [-0.3, -0.25) is 4.79 Å². The number of nitrogens with zero attached hydrogens (tertiary/aromatic N) is 2. The van der Waals surface area contributed by atoms with Crippen LogP contribution in [0.15, 0.2) is 24.3 Å². The number of carbonyl (C=O) groups excluding carboxylic acids is 1. The first-order chi connectivity index (χ1) is 9.22. The normalized spacial score (nSPS) is 15.0. The van der Waals surface area contributed by atoms with Crippen molar-refractivity contribution < 1.29 is 9.18 Å². The Morgan fingerprint density at radius 1 is 1.26 bits per heavy atom. The molecule has 0 unspecified atom stereocenters. The minimum atomic E-state index is -0.285. The lowest BCUT2D eigenvalue weighted by Gasteiger charge is -2.23. The van der Waals surface area contributed by atoms with E-state index in [9.17, 15) is 9.18 Å². The molecule has 1 fully saturated rings. The third kappa shape index (κ3) is 2.63. The Hall–Kier alpha value is -1.82. The summed E-state index contributed by atoms with van der Waals surface area (Å²) in [5.41, 5.74) is 0.794. The molecule has 0 bridgehead atoms. The van der Waals surface area contributed by atoms with E-state index in [4.69, 9.17) is 0 Å². The number of hydrogen-bond acceptors (Lipinski definition) is 4. The molecule has 3 rings (SSSR count). The number of hydrogen-bond donors (Lipinski definition) is 1. The van der Waals surface area contributed by atoms with Gasteiger partial charge in [-0.25, -0.2) is 4.39 Å². The predicted octanol–water partition coefficient (Wildman–Crippen LogP) is 3.08. The first kappa shape index (κ1) is 12.2. The standard InChI is InChI=1S/C13H12FN3OS/c14-10-6-4-9(5-7-10)12-16-17-13(19-12)15-11(18)8-2-1-3-8/h4-8H,1-3H2,(H,15,17,18). The zero-order chi connectivity index (χ0) is 13.2. The van der Waals surface area contributed by atoms with E-state index in [1.54, 1.807) is 12.1 Å². The molecule has 6 heteroatoms. The summed E-state index contributed by atoms with van der Waals surface area (Å²) in [7, 11) is 0. The maximum atomic E-state index is 12.8. The molecule has 2 aromatic rings. The van der Waals surface area contributed by atoms with Crippen molar-refractivity contribution in [2.75, 3.05) is 5.32 Å². The highest BCUT2D eigenvalue weighted by Crippen LogP contribution is 2.30. The van der Waals surface area contributed by atoms with Crippen molar-refractivity contribution in [3.8, 4) is 10.6 Å². The van der Waals surface area contributed by atoms with Gasteiger partial charge in [-0.05, 0) is 37.1 Å². The van der Waals surface area contributed by atoms with Gasteiger partial charge < -0.3 is 5.32 Å². The summed E-state index contributed by atoms with van der Waals surface area (Å²) in [6, 6.07) is 6.05. The molecule has 1 aromatic carbocycles. The Bertz CT molecular complexity index is 592. The minimum Gasteiger partial charge on any atom is -0.300 e. The molecule has 0 saturated heterocycles. The smallest absolute Gasteiger partial charge is 0.229 e. The maximum absolute atomic E-state index is 12.8. The van der Waals surface area contributed by atoms with Crippen LogP contribution in [0.3, 0.4) is 0 Å². The number of halogens is 1. The molecule has 0 spiro atoms. The molecule has 4 nitrogen and oxygen atoms in total. The molecule has 1 aliphatic carbocycles. The average molecular weight is 277 g/mol. The summed E-state index contributed by atoms with van der Waals surface area (Å²) >= 11 is 1.30. The van der Waals surface area contributed by atoms with E-state index in [2.05, 4.69) is 15.5 Å². The van der Waals surface area contributed by atoms with Crippen molar-refractivity contribution in [2.24, 2.45) is 5.92 Å². The molecule has 98 valence electrons. The van der Waals surface area contributed by atoms with Crippen LogP contribution >= 0.6 is 11.3 Å². The largest absolute Gasteiger partial charge is 0.300 e. The third-order valence-corrected chi connectivity index (χ3v) is 4.11. The van der Waals surface area contributed by atoms with Crippen molar-refractivity contribution in [2.45, 2.75) is 19.3 Å². The van der Waals surface area contributed by atoms with E-state index in [1.807, 2.05) is 0 Å². The molecule has 0 atom stereocenters. The van der Waals surface area contributed by atoms with Crippen LogP contribution in [-0.4, -0.2) is 16.1 Å². The second-order valence-corrected chi connectivity index (χ2v) is 5.51. The van der Waals surface area contributed by atoms with Crippen LogP contribution in [-0.2, 0) is 4.79 Å². The number of amides is 1. The second-order valence-electron chi connectivity index (χ2n) is 4.54. The second kappa shape index (κ2) is 5.05. The molecule has 1 aromatic heterocycles. The van der Waals surface area contributed by atoms with E-state index in [1.165, 1.54) is 23.5 Å². The Balaban J connectivity index is 1.72. The van der Waals surface area contributed by atoms with Crippen molar-refractivity contribution in [3.63, 3.8) is 0 Å². The van der Waals surface area contributed by atoms with Gasteiger partial charge in [-0.2, -0.15) is 0 Å². The van der Waals surface area contributed by atoms with Crippen LogP contribution in [0.5, 0.6) is 0 Å². The average Bonchev–Trinajstić information content (AvgIpc) is 2.76. The molecular formula is C13H12FN3OS. The minimum absolute atomic E-state index is 0.0213. The van der Waals surface area contributed by atoms with Crippen LogP contribution < -0.4 is 5.32 Å². The summed E-state index contributed by atoms with van der Waals surface area (Å²) in [6.07, 6.45) is 3.03. The van der Waals surface area contributed by atoms with Crippen molar-refractivity contribution >= 4 is 22.4 Å². The lowest BCUT2D eigenvalue weighted by molar-refractivity contribution is -0.122. The molecule has 1 heterocycles. The van der Waals surface area contributed by atoms with E-state index in [0.29, 0.717) is 10.1 Å². The van der Waals surface area contributed by atoms with Gasteiger partial charge in [0.15, 0.2) is 0 Å². The van der Waals surface area contributed by atoms with Crippen LogP contribution in [0.1, 0.15) is 19.3 Å². The monoisotopic (exact) mass is 277 g/mol. The van der Waals surface area contributed by atoms with Gasteiger partial charge in [0, 0.05) is 11.5 Å². The quantitative estimate of drug-likeness (QED) is 0.938. The van der Waals surface area contributed by atoms with Crippen LogP contribution in [0, 0.1) is 11.7 Å². The zero-order valence-electron chi connectivity index (χ0n) is 10.1. The van der Waals surface area contributed by atoms with Crippen molar-refractivity contribution in [3.05, 3.63) is 30.1 Å². The maximum Gasteiger partial charge on any atom is 0.229 e. The Labute approximate surface area is 113 Å². The fraction of sp³-hybridized carbons (Fsp3) is 0.308. The Kier molecular flexibility index (Phi) is 3.25. The van der Waals surface area contributed by atoms with E-state index >= 15 is 0 Å². The molecule has 1 N–H and O–H groups in total. The highest BCUT2D eigenvalue weighted by molar-refractivity contribution is 7.18. The number of benzene rings is 1. The Morgan fingerprint density at radius 3 is 2.63 bits per heavy atom. The number of anilines is 1. The summed E-state index contributed by atoms with van der Waals surface area (Å²) < 4.78 is 12.8. The summed E-state index contributed by atoms with van der Waals surface area (Å²) in [5.74, 6) is -0.141. The van der Waals surface area contributed by atoms with Gasteiger partial charge >= 0.3 is 0 Å². The van der Waals surface area contributed by atoms with Crippen molar-refractivity contribution in [1.82, 2.24) is 10.2 Å². The number of aromatic nitrogens is 2. The third-order valence-electron chi connectivity index (χ3n) is 3.22. The van der Waals surface area contributed by atoms with Crippen LogP contribution in [0.25, 0.3) is 10.6 Å². The first-order valence-corrected chi connectivity index (χ1v) is 6.94. The van der Waals surface area contributed by atoms with Gasteiger partial charge in [0.1, 0.15) is 10.8 Å². The molecule has 1 amide bonds. The fourth-order valence-corrected chi connectivity index (χ4v) is 2.61. The topological polar surface area (TPSA) is 54.9 Å². The predicted molar refractivity (Wildman–Crippen MR) is 71.3 cm³/mol. The highest BCUT2D eigenvalue weighted by Gasteiger charge is 2.25. The van der Waals surface area contributed by atoms with E-state index < -0.39 is 0 Å². The summed E-state index contributed by atoms with van der Waals surface area (Å²) in [5, 5.41) is 11.9. The molecular weight excluding hydrogens is 265 g/mol. The molecule has 1 saturated carbocycles. The summed E-state index contributed by atoms with van der Waals surface area (Å²) in [4.78, 5) is 11.8. The highest BCUT2D eigenvalue weighted by atomic mass is 32.1. The SMILES string of the molecule is O=C(Nc1nnc(-c2ccc(F)cc2)s1)C1CCC1. The van der Waals surface area contributed by atoms with Crippen LogP contribution in [0.4, 0.5) is 9.52 Å². The number of nitrogens with one attached hydrogen (secondary N) is 1. The van der Waals surface area contributed by atoms with Crippen LogP contribution in [0.2, 0.25) is 0 Å². The van der Waals surface area contributed by atoms with Crippen molar-refractivity contribution in [1.29, 1.82) is 0 Å². The molecule has 1 aliphatic rings. The number of rotatable bonds is 3. The van der Waals surface area contributed by atoms with Gasteiger partial charge in [0.25, 0.3) is 0 Å². The Morgan fingerprint density at radius 2 is 2.00 bits per heavy atom.